The van der Waals surface area contributed by atoms with E-state index >= 15 is 0 Å². The standard InChI is InChI=1S/C12H12BrNO2/c13-7-1-3-8(4-2-7)14-5-9-10(6-14)11(9)12(15)16/h1-4,9-11H,5-6H2,(H,15,16). The number of hydrogen-bond donors (Lipinski definition) is 1. The average molecular weight is 282 g/mol. The molecule has 3 rings (SSSR count). The van der Waals surface area contributed by atoms with Crippen LogP contribution in [0.2, 0.25) is 0 Å². The van der Waals surface area contributed by atoms with E-state index in [0.717, 1.165) is 17.6 Å². The minimum absolute atomic E-state index is 0.0771. The van der Waals surface area contributed by atoms with Gasteiger partial charge in [0.15, 0.2) is 0 Å². The van der Waals surface area contributed by atoms with Gasteiger partial charge in [0.05, 0.1) is 5.92 Å². The van der Waals surface area contributed by atoms with Crippen LogP contribution in [0, 0.1) is 17.8 Å². The van der Waals surface area contributed by atoms with Crippen molar-refractivity contribution in [3.8, 4) is 0 Å². The van der Waals surface area contributed by atoms with Gasteiger partial charge in [-0.15, -0.1) is 0 Å². The predicted octanol–water partition coefficient (Wildman–Crippen LogP) is 2.22. The molecule has 4 heteroatoms. The largest absolute Gasteiger partial charge is 0.481 e. The molecule has 0 aromatic heterocycles. The zero-order chi connectivity index (χ0) is 11.3. The number of fused-ring (bicyclic) bond motifs is 1. The summed E-state index contributed by atoms with van der Waals surface area (Å²) in [5.41, 5.74) is 1.19. The van der Waals surface area contributed by atoms with Gasteiger partial charge in [-0.1, -0.05) is 15.9 Å². The van der Waals surface area contributed by atoms with Gasteiger partial charge in [-0.05, 0) is 36.1 Å². The molecule has 1 aliphatic heterocycles. The molecule has 0 radical (unpaired) electrons. The van der Waals surface area contributed by atoms with Crippen LogP contribution in [0.3, 0.4) is 0 Å². The number of carbonyl (C=O) groups is 1. The molecule has 2 unspecified atom stereocenters. The smallest absolute Gasteiger partial charge is 0.307 e. The highest BCUT2D eigenvalue weighted by Gasteiger charge is 2.59. The maximum Gasteiger partial charge on any atom is 0.307 e. The van der Waals surface area contributed by atoms with Gasteiger partial charge in [0.2, 0.25) is 0 Å². The fourth-order valence-electron chi connectivity index (χ4n) is 2.76. The van der Waals surface area contributed by atoms with Gasteiger partial charge in [0.1, 0.15) is 0 Å². The minimum atomic E-state index is -0.620. The SMILES string of the molecule is O=C(O)C1C2CN(c3ccc(Br)cc3)CC21. The second-order valence-electron chi connectivity index (χ2n) is 4.57. The van der Waals surface area contributed by atoms with Crippen LogP contribution in [0.4, 0.5) is 5.69 Å². The van der Waals surface area contributed by atoms with Crippen molar-refractivity contribution in [1.29, 1.82) is 0 Å². The Morgan fingerprint density at radius 3 is 2.31 bits per heavy atom. The van der Waals surface area contributed by atoms with Gasteiger partial charge in [-0.25, -0.2) is 0 Å². The normalized spacial score (nSPS) is 31.3. The molecule has 0 bridgehead atoms. The van der Waals surface area contributed by atoms with E-state index in [9.17, 15) is 4.79 Å². The van der Waals surface area contributed by atoms with E-state index in [1.807, 2.05) is 12.1 Å². The van der Waals surface area contributed by atoms with Crippen LogP contribution in [0.15, 0.2) is 28.7 Å². The molecule has 2 fully saturated rings. The molecule has 1 heterocycles. The molecule has 1 N–H and O–H groups in total. The summed E-state index contributed by atoms with van der Waals surface area (Å²) in [6.45, 7) is 1.78. The number of halogens is 1. The number of aliphatic carboxylic acids is 1. The molecular formula is C12H12BrNO2. The highest BCUT2D eigenvalue weighted by molar-refractivity contribution is 9.10. The maximum absolute atomic E-state index is 10.8. The molecule has 1 aromatic carbocycles. The van der Waals surface area contributed by atoms with Crippen molar-refractivity contribution >= 4 is 27.6 Å². The Labute approximate surface area is 102 Å². The fraction of sp³-hybridized carbons (Fsp3) is 0.417. The van der Waals surface area contributed by atoms with Crippen molar-refractivity contribution in [3.63, 3.8) is 0 Å². The lowest BCUT2D eigenvalue weighted by Gasteiger charge is -2.21. The van der Waals surface area contributed by atoms with Crippen LogP contribution >= 0.6 is 15.9 Å². The summed E-state index contributed by atoms with van der Waals surface area (Å²) in [7, 11) is 0. The van der Waals surface area contributed by atoms with E-state index in [2.05, 4.69) is 33.0 Å². The Bertz CT molecular complexity index is 419. The summed E-state index contributed by atoms with van der Waals surface area (Å²) < 4.78 is 1.07. The third kappa shape index (κ3) is 1.52. The lowest BCUT2D eigenvalue weighted by atomic mass is 10.2. The number of hydrogen-bond acceptors (Lipinski definition) is 2. The number of rotatable bonds is 2. The molecule has 1 aromatic rings. The number of piperidine rings is 1. The lowest BCUT2D eigenvalue weighted by molar-refractivity contribution is -0.139. The van der Waals surface area contributed by atoms with Crippen molar-refractivity contribution in [3.05, 3.63) is 28.7 Å². The first-order valence-electron chi connectivity index (χ1n) is 5.40. The molecule has 3 nitrogen and oxygen atoms in total. The van der Waals surface area contributed by atoms with E-state index in [1.54, 1.807) is 0 Å². The fourth-order valence-corrected chi connectivity index (χ4v) is 3.02. The first-order chi connectivity index (χ1) is 7.66. The van der Waals surface area contributed by atoms with Crippen molar-refractivity contribution in [2.45, 2.75) is 0 Å². The number of carboxylic acids is 1. The van der Waals surface area contributed by atoms with Crippen LogP contribution in [0.1, 0.15) is 0 Å². The van der Waals surface area contributed by atoms with Gasteiger partial charge in [-0.2, -0.15) is 0 Å². The Kier molecular flexibility index (Phi) is 2.21. The van der Waals surface area contributed by atoms with E-state index in [0.29, 0.717) is 11.8 Å². The maximum atomic E-state index is 10.8. The zero-order valence-electron chi connectivity index (χ0n) is 8.64. The van der Waals surface area contributed by atoms with Gasteiger partial charge in [0, 0.05) is 23.2 Å². The topological polar surface area (TPSA) is 40.5 Å². The van der Waals surface area contributed by atoms with Gasteiger partial charge >= 0.3 is 5.97 Å². The van der Waals surface area contributed by atoms with E-state index in [-0.39, 0.29) is 5.92 Å². The van der Waals surface area contributed by atoms with Crippen LogP contribution < -0.4 is 4.90 Å². The first kappa shape index (κ1) is 10.1. The summed E-state index contributed by atoms with van der Waals surface area (Å²) in [5, 5.41) is 8.93. The van der Waals surface area contributed by atoms with Crippen LogP contribution in [0.25, 0.3) is 0 Å². The second kappa shape index (κ2) is 3.48. The summed E-state index contributed by atoms with van der Waals surface area (Å²) in [6, 6.07) is 8.19. The quantitative estimate of drug-likeness (QED) is 0.904. The molecule has 0 amide bonds. The third-order valence-corrected chi connectivity index (χ3v) is 4.20. The third-order valence-electron chi connectivity index (χ3n) is 3.67. The Morgan fingerprint density at radius 2 is 1.81 bits per heavy atom. The molecule has 1 aliphatic carbocycles. The molecule has 1 saturated carbocycles. The van der Waals surface area contributed by atoms with E-state index < -0.39 is 5.97 Å². The molecule has 2 aliphatic rings. The van der Waals surface area contributed by atoms with E-state index in [4.69, 9.17) is 5.11 Å². The van der Waals surface area contributed by atoms with Gasteiger partial charge in [0.25, 0.3) is 0 Å². The minimum Gasteiger partial charge on any atom is -0.481 e. The Morgan fingerprint density at radius 1 is 1.25 bits per heavy atom. The highest BCUT2D eigenvalue weighted by atomic mass is 79.9. The summed E-state index contributed by atoms with van der Waals surface area (Å²) in [4.78, 5) is 13.1. The zero-order valence-corrected chi connectivity index (χ0v) is 10.2. The number of anilines is 1. The number of benzene rings is 1. The predicted molar refractivity (Wildman–Crippen MR) is 64.5 cm³/mol. The monoisotopic (exact) mass is 281 g/mol. The second-order valence-corrected chi connectivity index (χ2v) is 5.49. The Balaban J connectivity index is 1.69. The van der Waals surface area contributed by atoms with Crippen LogP contribution in [0.5, 0.6) is 0 Å². The molecule has 16 heavy (non-hydrogen) atoms. The molecule has 0 spiro atoms. The van der Waals surface area contributed by atoms with E-state index in [1.165, 1.54) is 5.69 Å². The van der Waals surface area contributed by atoms with Gasteiger partial charge < -0.3 is 10.0 Å². The molecular weight excluding hydrogens is 270 g/mol. The molecule has 2 atom stereocenters. The van der Waals surface area contributed by atoms with Crippen molar-refractivity contribution < 1.29 is 9.90 Å². The number of carboxylic acid groups (broad SMARTS) is 1. The summed E-state index contributed by atoms with van der Waals surface area (Å²) in [5.74, 6) is 0.0550. The van der Waals surface area contributed by atoms with Crippen molar-refractivity contribution in [2.75, 3.05) is 18.0 Å². The number of nitrogens with zero attached hydrogens (tertiary/aromatic N) is 1. The highest BCUT2D eigenvalue weighted by Crippen LogP contribution is 2.52. The molecule has 84 valence electrons. The lowest BCUT2D eigenvalue weighted by Crippen LogP contribution is -2.25. The Hall–Kier alpha value is -1.03. The first-order valence-corrected chi connectivity index (χ1v) is 6.19. The van der Waals surface area contributed by atoms with Crippen molar-refractivity contribution in [2.24, 2.45) is 17.8 Å². The average Bonchev–Trinajstić information content (AvgIpc) is 2.77. The summed E-state index contributed by atoms with van der Waals surface area (Å²) >= 11 is 3.41. The van der Waals surface area contributed by atoms with Gasteiger partial charge in [-0.3, -0.25) is 4.79 Å². The van der Waals surface area contributed by atoms with Crippen molar-refractivity contribution in [1.82, 2.24) is 0 Å². The summed E-state index contributed by atoms with van der Waals surface area (Å²) in [6.07, 6.45) is 0. The van der Waals surface area contributed by atoms with Crippen LogP contribution in [-0.4, -0.2) is 24.2 Å². The van der Waals surface area contributed by atoms with Crippen LogP contribution in [-0.2, 0) is 4.79 Å². The molecule has 1 saturated heterocycles.